The summed E-state index contributed by atoms with van der Waals surface area (Å²) in [6.07, 6.45) is -8.62. The number of aryl methyl sites for hydroxylation is 1. The summed E-state index contributed by atoms with van der Waals surface area (Å²) in [7, 11) is 1.41. The molecule has 1 aromatic carbocycles. The van der Waals surface area contributed by atoms with Gasteiger partial charge in [0.1, 0.15) is 0 Å². The first-order valence-electron chi connectivity index (χ1n) is 5.58. The van der Waals surface area contributed by atoms with Crippen molar-refractivity contribution in [1.29, 1.82) is 0 Å². The van der Waals surface area contributed by atoms with E-state index in [4.69, 9.17) is 4.74 Å². The standard InChI is InChI=1S/C13H8F6NO/c1-20-7-3-6-10(20)21-11-8(12(14,15)16)4-2-5-9(11)13(17,18)19/h2,4-7H,1H3. The molecule has 0 saturated carbocycles. The summed E-state index contributed by atoms with van der Waals surface area (Å²) in [5.41, 5.74) is -2.97. The van der Waals surface area contributed by atoms with E-state index < -0.39 is 29.2 Å². The van der Waals surface area contributed by atoms with Gasteiger partial charge in [0.25, 0.3) is 0 Å². The van der Waals surface area contributed by atoms with Crippen molar-refractivity contribution >= 4 is 0 Å². The predicted molar refractivity (Wildman–Crippen MR) is 60.8 cm³/mol. The lowest BCUT2D eigenvalue weighted by atomic mass is 10.1. The molecule has 0 amide bonds. The highest BCUT2D eigenvalue weighted by molar-refractivity contribution is 5.46. The maximum Gasteiger partial charge on any atom is 0.420 e. The van der Waals surface area contributed by atoms with Crippen molar-refractivity contribution in [2.24, 2.45) is 7.05 Å². The largest absolute Gasteiger partial charge is 0.440 e. The van der Waals surface area contributed by atoms with Crippen LogP contribution in [0, 0.1) is 6.07 Å². The van der Waals surface area contributed by atoms with E-state index in [2.05, 4.69) is 6.07 Å². The lowest BCUT2D eigenvalue weighted by Crippen LogP contribution is -2.14. The highest BCUT2D eigenvalue weighted by atomic mass is 19.4. The Morgan fingerprint density at radius 2 is 1.52 bits per heavy atom. The van der Waals surface area contributed by atoms with E-state index in [9.17, 15) is 26.3 Å². The number of alkyl halides is 6. The maximum absolute atomic E-state index is 12.9. The van der Waals surface area contributed by atoms with Crippen LogP contribution in [-0.4, -0.2) is 4.57 Å². The summed E-state index contributed by atoms with van der Waals surface area (Å²) in [5.74, 6) is -1.45. The van der Waals surface area contributed by atoms with Crippen molar-refractivity contribution in [3.8, 4) is 11.6 Å². The molecule has 113 valence electrons. The van der Waals surface area contributed by atoms with Gasteiger partial charge >= 0.3 is 12.4 Å². The number of halogens is 6. The Labute approximate surface area is 115 Å². The first kappa shape index (κ1) is 15.3. The zero-order valence-electron chi connectivity index (χ0n) is 10.5. The van der Waals surface area contributed by atoms with Crippen molar-refractivity contribution in [3.63, 3.8) is 0 Å². The third-order valence-corrected chi connectivity index (χ3v) is 2.66. The smallest absolute Gasteiger partial charge is 0.420 e. The molecular weight excluding hydrogens is 300 g/mol. The topological polar surface area (TPSA) is 14.2 Å². The van der Waals surface area contributed by atoms with Gasteiger partial charge in [-0.2, -0.15) is 26.3 Å². The fourth-order valence-electron chi connectivity index (χ4n) is 1.69. The Morgan fingerprint density at radius 3 is 1.90 bits per heavy atom. The molecule has 0 saturated heterocycles. The molecule has 0 bridgehead atoms. The van der Waals surface area contributed by atoms with Crippen LogP contribution in [0.15, 0.2) is 30.5 Å². The number of aromatic nitrogens is 1. The van der Waals surface area contributed by atoms with Gasteiger partial charge in [0.05, 0.1) is 11.1 Å². The van der Waals surface area contributed by atoms with E-state index in [1.165, 1.54) is 17.8 Å². The molecule has 0 aliphatic carbocycles. The van der Waals surface area contributed by atoms with E-state index in [0.29, 0.717) is 18.2 Å². The Morgan fingerprint density at radius 1 is 1.00 bits per heavy atom. The average Bonchev–Trinajstić information content (AvgIpc) is 2.72. The summed E-state index contributed by atoms with van der Waals surface area (Å²) >= 11 is 0. The highest BCUT2D eigenvalue weighted by Gasteiger charge is 2.42. The van der Waals surface area contributed by atoms with Crippen LogP contribution in [0.2, 0.25) is 0 Å². The molecule has 2 nitrogen and oxygen atoms in total. The van der Waals surface area contributed by atoms with E-state index in [1.807, 2.05) is 0 Å². The molecule has 2 aromatic rings. The van der Waals surface area contributed by atoms with E-state index in [-0.39, 0.29) is 5.88 Å². The third kappa shape index (κ3) is 3.14. The van der Waals surface area contributed by atoms with Gasteiger partial charge in [0, 0.05) is 25.4 Å². The average molecular weight is 308 g/mol. The van der Waals surface area contributed by atoms with Crippen LogP contribution in [0.4, 0.5) is 26.3 Å². The number of nitrogens with zero attached hydrogens (tertiary/aromatic N) is 1. The van der Waals surface area contributed by atoms with Gasteiger partial charge in [-0.15, -0.1) is 0 Å². The molecule has 0 aliphatic rings. The first-order chi connectivity index (χ1) is 9.60. The zero-order valence-corrected chi connectivity index (χ0v) is 10.5. The summed E-state index contributed by atoms with van der Waals surface area (Å²) in [4.78, 5) is 0. The Hall–Kier alpha value is -2.12. The summed E-state index contributed by atoms with van der Waals surface area (Å²) < 4.78 is 83.4. The lowest BCUT2D eigenvalue weighted by Gasteiger charge is -2.18. The second-order valence-electron chi connectivity index (χ2n) is 4.17. The van der Waals surface area contributed by atoms with E-state index in [0.717, 1.165) is 6.07 Å². The molecule has 1 aromatic heterocycles. The van der Waals surface area contributed by atoms with Gasteiger partial charge in [-0.1, -0.05) is 6.07 Å². The number of ether oxygens (including phenoxy) is 1. The van der Waals surface area contributed by atoms with Gasteiger partial charge in [-0.3, -0.25) is 0 Å². The predicted octanol–water partition coefficient (Wildman–Crippen LogP) is 4.66. The molecule has 21 heavy (non-hydrogen) atoms. The Bertz CT molecular complexity index is 609. The minimum Gasteiger partial charge on any atom is -0.440 e. The molecular formula is C13H8F6NO. The first-order valence-corrected chi connectivity index (χ1v) is 5.58. The second-order valence-corrected chi connectivity index (χ2v) is 4.17. The van der Waals surface area contributed by atoms with Gasteiger partial charge in [0.15, 0.2) is 11.6 Å². The summed E-state index contributed by atoms with van der Waals surface area (Å²) in [6, 6.07) is 5.42. The van der Waals surface area contributed by atoms with Crippen LogP contribution in [-0.2, 0) is 19.4 Å². The van der Waals surface area contributed by atoms with Crippen molar-refractivity contribution in [2.45, 2.75) is 12.4 Å². The molecule has 0 fully saturated rings. The van der Waals surface area contributed by atoms with Crippen LogP contribution in [0.5, 0.6) is 11.6 Å². The molecule has 0 spiro atoms. The fourth-order valence-corrected chi connectivity index (χ4v) is 1.69. The van der Waals surface area contributed by atoms with Crippen molar-refractivity contribution in [2.75, 3.05) is 0 Å². The molecule has 0 aliphatic heterocycles. The number of hydrogen-bond acceptors (Lipinski definition) is 1. The van der Waals surface area contributed by atoms with E-state index >= 15 is 0 Å². The Balaban J connectivity index is 2.62. The molecule has 0 unspecified atom stereocenters. The monoisotopic (exact) mass is 308 g/mol. The van der Waals surface area contributed by atoms with Crippen molar-refractivity contribution < 1.29 is 31.1 Å². The summed E-state index contributed by atoms with van der Waals surface area (Å²) in [5, 5.41) is 0. The van der Waals surface area contributed by atoms with Crippen LogP contribution in [0.25, 0.3) is 0 Å². The highest BCUT2D eigenvalue weighted by Crippen LogP contribution is 2.45. The normalized spacial score (nSPS) is 12.5. The minimum absolute atomic E-state index is 0.183. The van der Waals surface area contributed by atoms with Gasteiger partial charge < -0.3 is 9.30 Å². The molecule has 0 N–H and O–H groups in total. The Kier molecular flexibility index (Phi) is 3.65. The van der Waals surface area contributed by atoms with Crippen molar-refractivity contribution in [1.82, 2.24) is 4.57 Å². The minimum atomic E-state index is -4.97. The van der Waals surface area contributed by atoms with Crippen LogP contribution < -0.4 is 4.74 Å². The van der Waals surface area contributed by atoms with Gasteiger partial charge in [0.2, 0.25) is 0 Å². The quantitative estimate of drug-likeness (QED) is 0.736. The molecule has 2 rings (SSSR count). The summed E-state index contributed by atoms with van der Waals surface area (Å²) in [6.45, 7) is 0. The van der Waals surface area contributed by atoms with Gasteiger partial charge in [-0.05, 0) is 12.1 Å². The zero-order chi connectivity index (χ0) is 15.8. The van der Waals surface area contributed by atoms with E-state index in [1.54, 1.807) is 0 Å². The number of para-hydroxylation sites is 1. The van der Waals surface area contributed by atoms with Gasteiger partial charge in [-0.25, -0.2) is 0 Å². The maximum atomic E-state index is 12.9. The van der Waals surface area contributed by atoms with Crippen LogP contribution >= 0.6 is 0 Å². The molecule has 1 radical (unpaired) electrons. The number of rotatable bonds is 2. The van der Waals surface area contributed by atoms with Crippen molar-refractivity contribution in [3.05, 3.63) is 47.7 Å². The SMILES string of the molecule is Cn1c[c]cc1Oc1c(C(F)(F)F)cccc1C(F)(F)F. The lowest BCUT2D eigenvalue weighted by molar-refractivity contribution is -0.145. The number of benzene rings is 1. The molecule has 1 heterocycles. The third-order valence-electron chi connectivity index (χ3n) is 2.66. The van der Waals surface area contributed by atoms with Crippen LogP contribution in [0.3, 0.4) is 0 Å². The molecule has 8 heteroatoms. The number of hydrogen-bond donors (Lipinski definition) is 0. The molecule has 0 atom stereocenters. The van der Waals surface area contributed by atoms with Crippen LogP contribution in [0.1, 0.15) is 11.1 Å². The second kappa shape index (κ2) is 5.01. The fraction of sp³-hybridized carbons (Fsp3) is 0.231.